The minimum absolute atomic E-state index is 0.125. The Bertz CT molecular complexity index is 594. The smallest absolute Gasteiger partial charge is 0.374 e. The summed E-state index contributed by atoms with van der Waals surface area (Å²) in [7, 11) is 0. The molecule has 0 aliphatic heterocycles. The van der Waals surface area contributed by atoms with E-state index in [-0.39, 0.29) is 22.6 Å². The number of nitrogen functional groups attached to an aromatic ring is 1. The van der Waals surface area contributed by atoms with E-state index in [0.717, 1.165) is 5.69 Å². The van der Waals surface area contributed by atoms with Crippen molar-refractivity contribution in [1.29, 1.82) is 0 Å². The molecule has 0 aliphatic carbocycles. The van der Waals surface area contributed by atoms with Crippen LogP contribution in [0.2, 0.25) is 0 Å². The summed E-state index contributed by atoms with van der Waals surface area (Å²) in [5.41, 5.74) is 6.78. The van der Waals surface area contributed by atoms with E-state index in [2.05, 4.69) is 4.98 Å². The number of carboxylic acid groups (broad SMARTS) is 1. The van der Waals surface area contributed by atoms with E-state index < -0.39 is 5.97 Å². The second-order valence-electron chi connectivity index (χ2n) is 4.95. The molecular formula is C12H14N2O3. The zero-order valence-corrected chi connectivity index (χ0v) is 9.94. The molecule has 0 spiro atoms. The molecule has 17 heavy (non-hydrogen) atoms. The van der Waals surface area contributed by atoms with Gasteiger partial charge in [-0.15, -0.1) is 0 Å². The lowest BCUT2D eigenvalue weighted by Crippen LogP contribution is -2.12. The molecule has 0 amide bonds. The Morgan fingerprint density at radius 1 is 1.41 bits per heavy atom. The van der Waals surface area contributed by atoms with Crippen LogP contribution in [-0.2, 0) is 5.41 Å². The number of hydrogen-bond acceptors (Lipinski definition) is 4. The highest BCUT2D eigenvalue weighted by Gasteiger charge is 2.21. The molecule has 5 nitrogen and oxygen atoms in total. The van der Waals surface area contributed by atoms with Crippen LogP contribution in [-0.4, -0.2) is 16.1 Å². The molecule has 0 saturated heterocycles. The van der Waals surface area contributed by atoms with E-state index in [1.807, 2.05) is 26.8 Å². The normalized spacial score (nSPS) is 11.9. The Morgan fingerprint density at radius 3 is 2.59 bits per heavy atom. The molecule has 2 rings (SSSR count). The molecule has 0 radical (unpaired) electrons. The van der Waals surface area contributed by atoms with E-state index in [0.29, 0.717) is 5.39 Å². The van der Waals surface area contributed by atoms with Gasteiger partial charge in [-0.3, -0.25) is 0 Å². The summed E-state index contributed by atoms with van der Waals surface area (Å²) in [4.78, 5) is 15.2. The minimum Gasteiger partial charge on any atom is -0.475 e. The number of fused-ring (bicyclic) bond motifs is 1. The van der Waals surface area contributed by atoms with Crippen LogP contribution in [0.15, 0.2) is 16.5 Å². The van der Waals surface area contributed by atoms with Gasteiger partial charge in [-0.05, 0) is 12.1 Å². The van der Waals surface area contributed by atoms with Gasteiger partial charge in [0.05, 0.1) is 11.1 Å². The number of pyridine rings is 1. The molecule has 0 bridgehead atoms. The van der Waals surface area contributed by atoms with Gasteiger partial charge < -0.3 is 15.3 Å². The van der Waals surface area contributed by atoms with Crippen LogP contribution in [0.4, 0.5) is 5.69 Å². The highest BCUT2D eigenvalue weighted by Crippen LogP contribution is 2.29. The van der Waals surface area contributed by atoms with Gasteiger partial charge in [0.2, 0.25) is 11.5 Å². The first-order valence-corrected chi connectivity index (χ1v) is 5.23. The van der Waals surface area contributed by atoms with Gasteiger partial charge in [-0.2, -0.15) is 0 Å². The summed E-state index contributed by atoms with van der Waals surface area (Å²) in [6.45, 7) is 6.06. The van der Waals surface area contributed by atoms with Gasteiger partial charge in [0.25, 0.3) is 0 Å². The Kier molecular flexibility index (Phi) is 2.34. The van der Waals surface area contributed by atoms with Crippen molar-refractivity contribution in [3.63, 3.8) is 0 Å². The molecule has 90 valence electrons. The molecule has 2 heterocycles. The average Bonchev–Trinajstić information content (AvgIpc) is 2.54. The zero-order chi connectivity index (χ0) is 12.8. The molecule has 0 fully saturated rings. The Labute approximate surface area is 98.2 Å². The topological polar surface area (TPSA) is 89.4 Å². The minimum atomic E-state index is -1.18. The number of aromatic nitrogens is 1. The van der Waals surface area contributed by atoms with E-state index in [1.165, 1.54) is 0 Å². The molecule has 0 aromatic carbocycles. The highest BCUT2D eigenvalue weighted by atomic mass is 16.4. The van der Waals surface area contributed by atoms with Gasteiger partial charge in [-0.25, -0.2) is 9.78 Å². The van der Waals surface area contributed by atoms with Crippen LogP contribution in [0.25, 0.3) is 11.1 Å². The summed E-state index contributed by atoms with van der Waals surface area (Å²) in [5.74, 6) is -1.43. The summed E-state index contributed by atoms with van der Waals surface area (Å²) in [6, 6.07) is 3.58. The Morgan fingerprint density at radius 2 is 2.06 bits per heavy atom. The number of rotatable bonds is 1. The summed E-state index contributed by atoms with van der Waals surface area (Å²) in [6.07, 6.45) is 0. The van der Waals surface area contributed by atoms with Crippen molar-refractivity contribution in [1.82, 2.24) is 4.98 Å². The van der Waals surface area contributed by atoms with Crippen molar-refractivity contribution < 1.29 is 14.3 Å². The fraction of sp³-hybridized carbons (Fsp3) is 0.333. The van der Waals surface area contributed by atoms with Crippen molar-refractivity contribution in [3.05, 3.63) is 23.6 Å². The third kappa shape index (κ3) is 1.84. The quantitative estimate of drug-likeness (QED) is 0.790. The fourth-order valence-corrected chi connectivity index (χ4v) is 1.57. The van der Waals surface area contributed by atoms with Crippen molar-refractivity contribution in [3.8, 4) is 0 Å². The molecule has 2 aromatic rings. The third-order valence-electron chi connectivity index (χ3n) is 2.56. The van der Waals surface area contributed by atoms with Crippen molar-refractivity contribution in [2.75, 3.05) is 5.73 Å². The number of hydrogen-bond donors (Lipinski definition) is 2. The lowest BCUT2D eigenvalue weighted by molar-refractivity contribution is 0.0666. The zero-order valence-electron chi connectivity index (χ0n) is 9.94. The van der Waals surface area contributed by atoms with Crippen LogP contribution in [0.5, 0.6) is 0 Å². The predicted octanol–water partition coefficient (Wildman–Crippen LogP) is 2.41. The lowest BCUT2D eigenvalue weighted by Gasteiger charge is -2.16. The van der Waals surface area contributed by atoms with E-state index in [9.17, 15) is 4.79 Å². The van der Waals surface area contributed by atoms with Crippen LogP contribution in [0.1, 0.15) is 37.0 Å². The number of carboxylic acids is 1. The second kappa shape index (κ2) is 3.48. The average molecular weight is 234 g/mol. The highest BCUT2D eigenvalue weighted by molar-refractivity contribution is 6.01. The number of aromatic carboxylic acids is 1. The number of nitrogens with two attached hydrogens (primary N) is 1. The number of furan rings is 1. The second-order valence-corrected chi connectivity index (χ2v) is 4.95. The first-order chi connectivity index (χ1) is 7.80. The van der Waals surface area contributed by atoms with Crippen LogP contribution in [0, 0.1) is 0 Å². The predicted molar refractivity (Wildman–Crippen MR) is 64.1 cm³/mol. The summed E-state index contributed by atoms with van der Waals surface area (Å²) >= 11 is 0. The number of anilines is 1. The Balaban J connectivity index is 2.68. The van der Waals surface area contributed by atoms with Gasteiger partial charge in [-0.1, -0.05) is 20.8 Å². The van der Waals surface area contributed by atoms with Crippen molar-refractivity contribution >= 4 is 22.8 Å². The maximum absolute atomic E-state index is 10.9. The molecular weight excluding hydrogens is 220 g/mol. The molecule has 0 aliphatic rings. The van der Waals surface area contributed by atoms with Crippen molar-refractivity contribution in [2.24, 2.45) is 0 Å². The SMILES string of the molecule is CC(C)(C)c1ccc2c(N)c(C(=O)O)oc2n1. The largest absolute Gasteiger partial charge is 0.475 e. The van der Waals surface area contributed by atoms with Crippen LogP contribution < -0.4 is 5.73 Å². The van der Waals surface area contributed by atoms with E-state index in [1.54, 1.807) is 6.07 Å². The molecule has 0 saturated carbocycles. The molecule has 5 heteroatoms. The summed E-state index contributed by atoms with van der Waals surface area (Å²) < 4.78 is 5.16. The van der Waals surface area contributed by atoms with Crippen molar-refractivity contribution in [2.45, 2.75) is 26.2 Å². The van der Waals surface area contributed by atoms with Gasteiger partial charge >= 0.3 is 5.97 Å². The monoisotopic (exact) mass is 234 g/mol. The fourth-order valence-electron chi connectivity index (χ4n) is 1.57. The first kappa shape index (κ1) is 11.4. The maximum atomic E-state index is 10.9. The lowest BCUT2D eigenvalue weighted by atomic mass is 9.91. The van der Waals surface area contributed by atoms with E-state index in [4.69, 9.17) is 15.3 Å². The van der Waals surface area contributed by atoms with Gasteiger partial charge in [0.15, 0.2) is 0 Å². The summed E-state index contributed by atoms with van der Waals surface area (Å²) in [5, 5.41) is 9.43. The molecule has 2 aromatic heterocycles. The standard InChI is InChI=1S/C12H14N2O3/c1-12(2,3)7-5-4-6-8(13)9(11(15)16)17-10(6)14-7/h4-5H,13H2,1-3H3,(H,15,16). The molecule has 0 unspecified atom stereocenters. The third-order valence-corrected chi connectivity index (χ3v) is 2.56. The molecule has 0 atom stereocenters. The maximum Gasteiger partial charge on any atom is 0.374 e. The van der Waals surface area contributed by atoms with Crippen LogP contribution >= 0.6 is 0 Å². The van der Waals surface area contributed by atoms with Gasteiger partial charge in [0, 0.05) is 11.1 Å². The van der Waals surface area contributed by atoms with Gasteiger partial charge in [0.1, 0.15) is 0 Å². The van der Waals surface area contributed by atoms with E-state index >= 15 is 0 Å². The van der Waals surface area contributed by atoms with Crippen LogP contribution in [0.3, 0.4) is 0 Å². The Hall–Kier alpha value is -2.04. The first-order valence-electron chi connectivity index (χ1n) is 5.23. The number of nitrogens with zero attached hydrogens (tertiary/aromatic N) is 1. The number of carbonyl (C=O) groups is 1. The molecule has 3 N–H and O–H groups in total.